The molecule has 1 aromatic heterocycles. The maximum atomic E-state index is 8.50. The van der Waals surface area contributed by atoms with Crippen molar-refractivity contribution in [2.45, 2.75) is 6.92 Å². The van der Waals surface area contributed by atoms with Crippen molar-refractivity contribution in [3.8, 4) is 6.07 Å². The minimum atomic E-state index is -0.0290. The van der Waals surface area contributed by atoms with Gasteiger partial charge in [-0.25, -0.2) is 0 Å². The molecule has 0 spiro atoms. The summed E-state index contributed by atoms with van der Waals surface area (Å²) in [6.45, 7) is 1.79. The molecule has 0 fully saturated rings. The van der Waals surface area contributed by atoms with Gasteiger partial charge in [0.1, 0.15) is 5.69 Å². The summed E-state index contributed by atoms with van der Waals surface area (Å²) >= 11 is 0. The Morgan fingerprint density at radius 2 is 2.50 bits per heavy atom. The molecule has 1 rings (SSSR count). The van der Waals surface area contributed by atoms with Crippen molar-refractivity contribution in [3.05, 3.63) is 29.4 Å². The highest BCUT2D eigenvalue weighted by molar-refractivity contribution is 5.83. The van der Waals surface area contributed by atoms with E-state index in [1.54, 1.807) is 37.2 Å². The lowest BCUT2D eigenvalue weighted by atomic mass is 10.4. The smallest absolute Gasteiger partial charge is 0.335 e. The average molecular weight is 158 g/mol. The fourth-order valence-electron chi connectivity index (χ4n) is 0.752. The van der Waals surface area contributed by atoms with Crippen LogP contribution >= 0.6 is 0 Å². The molecule has 0 unspecified atom stereocenters. The van der Waals surface area contributed by atoms with E-state index in [2.05, 4.69) is 5.10 Å². The van der Waals surface area contributed by atoms with Gasteiger partial charge in [0.05, 0.1) is 0 Å². The predicted molar refractivity (Wildman–Crippen MR) is 42.9 cm³/mol. The van der Waals surface area contributed by atoms with E-state index < -0.39 is 0 Å². The van der Waals surface area contributed by atoms with E-state index in [1.165, 1.54) is 4.68 Å². The normalized spacial score (nSPS) is 8.33. The lowest BCUT2D eigenvalue weighted by Crippen LogP contribution is -2.36. The second-order valence-electron chi connectivity index (χ2n) is 2.17. The summed E-state index contributed by atoms with van der Waals surface area (Å²) < 4.78 is 1.26. The van der Waals surface area contributed by atoms with Gasteiger partial charge in [0, 0.05) is 11.2 Å². The van der Waals surface area contributed by atoms with Gasteiger partial charge in [-0.15, -0.1) is 0 Å². The molecule has 0 bridgehead atoms. The molecule has 4 heteroatoms. The van der Waals surface area contributed by atoms with E-state index in [-0.39, 0.29) is 5.70 Å². The van der Waals surface area contributed by atoms with Gasteiger partial charge in [-0.3, -0.25) is 0 Å². The summed E-state index contributed by atoms with van der Waals surface area (Å²) in [7, 11) is 0. The number of hydrogen-bond donors (Lipinski definition) is 0. The van der Waals surface area contributed by atoms with Crippen molar-refractivity contribution in [2.75, 3.05) is 0 Å². The zero-order valence-electron chi connectivity index (χ0n) is 6.52. The van der Waals surface area contributed by atoms with Crippen molar-refractivity contribution >= 4 is 11.6 Å². The van der Waals surface area contributed by atoms with Gasteiger partial charge < -0.3 is 5.41 Å². The molecule has 0 amide bonds. The van der Waals surface area contributed by atoms with Crippen LogP contribution in [0.25, 0.3) is 11.1 Å². The van der Waals surface area contributed by atoms with Gasteiger partial charge >= 0.3 is 5.70 Å². The number of nitriles is 1. The minimum Gasteiger partial charge on any atom is -0.757 e. The van der Waals surface area contributed by atoms with E-state index in [4.69, 9.17) is 10.7 Å². The first-order chi connectivity index (χ1) is 5.77. The largest absolute Gasteiger partial charge is 0.757 e. The molecule has 0 aliphatic carbocycles. The maximum absolute atomic E-state index is 8.50. The monoisotopic (exact) mass is 158 g/mol. The Balaban J connectivity index is 3.22. The van der Waals surface area contributed by atoms with Crippen LogP contribution in [-0.2, 0) is 0 Å². The maximum Gasteiger partial charge on any atom is 0.335 e. The van der Waals surface area contributed by atoms with Crippen molar-refractivity contribution < 1.29 is 4.68 Å². The van der Waals surface area contributed by atoms with Crippen molar-refractivity contribution in [2.24, 2.45) is 0 Å². The second kappa shape index (κ2) is 3.42. The van der Waals surface area contributed by atoms with Crippen LogP contribution < -0.4 is 4.68 Å². The topological polar surface area (TPSA) is 62.9 Å². The quantitative estimate of drug-likeness (QED) is 0.335. The number of aryl methyl sites for hydroxylation is 1. The summed E-state index contributed by atoms with van der Waals surface area (Å²) in [5, 5.41) is 20.9. The Morgan fingerprint density at radius 1 is 1.75 bits per heavy atom. The third-order valence-corrected chi connectivity index (χ3v) is 1.27. The summed E-state index contributed by atoms with van der Waals surface area (Å²) in [5.41, 5.74) is 0.735. The average Bonchev–Trinajstić information content (AvgIpc) is 2.07. The Labute approximate surface area is 69.9 Å². The van der Waals surface area contributed by atoms with E-state index in [0.29, 0.717) is 0 Å². The number of allylic oxidation sites excluding steroid dienone is 1. The van der Waals surface area contributed by atoms with Crippen LogP contribution in [0.4, 0.5) is 0 Å². The number of aromatic nitrogens is 2. The predicted octanol–water partition coefficient (Wildman–Crippen LogP) is 0.281. The molecule has 58 valence electrons. The zero-order chi connectivity index (χ0) is 8.97. The highest BCUT2D eigenvalue weighted by Crippen LogP contribution is 1.87. The Kier molecular flexibility index (Phi) is 2.32. The molecule has 0 aliphatic heterocycles. The lowest BCUT2D eigenvalue weighted by molar-refractivity contribution is -0.642. The fourth-order valence-corrected chi connectivity index (χ4v) is 0.752. The van der Waals surface area contributed by atoms with Crippen LogP contribution in [-0.4, -0.2) is 11.0 Å². The minimum absolute atomic E-state index is 0.0290. The molecule has 0 aliphatic rings. The summed E-state index contributed by atoms with van der Waals surface area (Å²) in [5.74, 6) is 1.75. The molecule has 0 N–H and O–H groups in total. The van der Waals surface area contributed by atoms with E-state index in [0.717, 1.165) is 5.69 Å². The van der Waals surface area contributed by atoms with Crippen LogP contribution in [0.5, 0.6) is 0 Å². The Morgan fingerprint density at radius 3 is 3.00 bits per heavy atom. The van der Waals surface area contributed by atoms with E-state index in [9.17, 15) is 0 Å². The highest BCUT2D eigenvalue weighted by atomic mass is 15.3. The molecule has 12 heavy (non-hydrogen) atoms. The van der Waals surface area contributed by atoms with Crippen LogP contribution in [0.15, 0.2) is 18.3 Å². The molecule has 0 saturated heterocycles. The number of nitrogens with zero attached hydrogens (tertiary/aromatic N) is 4. The highest BCUT2D eigenvalue weighted by Gasteiger charge is 2.07. The van der Waals surface area contributed by atoms with Gasteiger partial charge in [0.25, 0.3) is 0 Å². The molecule has 0 aromatic carbocycles. The third-order valence-electron chi connectivity index (χ3n) is 1.27. The van der Waals surface area contributed by atoms with Gasteiger partial charge in [-0.1, -0.05) is 0 Å². The SMILES string of the molecule is Cc1ccc[n+](C(=C=[N-])C#N)n1. The van der Waals surface area contributed by atoms with Crippen LogP contribution in [0, 0.1) is 18.3 Å². The van der Waals surface area contributed by atoms with E-state index >= 15 is 0 Å². The first kappa shape index (κ1) is 8.12. The van der Waals surface area contributed by atoms with Gasteiger partial charge in [0.2, 0.25) is 6.20 Å². The number of rotatable bonds is 1. The summed E-state index contributed by atoms with van der Waals surface area (Å²) in [6, 6.07) is 5.28. The van der Waals surface area contributed by atoms with Crippen molar-refractivity contribution in [3.63, 3.8) is 0 Å². The molecule has 4 nitrogen and oxygen atoms in total. The molecule has 1 heterocycles. The molecule has 0 atom stereocenters. The third kappa shape index (κ3) is 1.54. The zero-order valence-corrected chi connectivity index (χ0v) is 6.52. The number of hydrogen-bond acceptors (Lipinski definition) is 2. The van der Waals surface area contributed by atoms with Gasteiger partial charge in [-0.2, -0.15) is 11.1 Å². The Bertz CT molecular complexity index is 382. The molecular weight excluding hydrogens is 152 g/mol. The first-order valence-corrected chi connectivity index (χ1v) is 3.31. The molecule has 1 aromatic rings. The van der Waals surface area contributed by atoms with Crippen LogP contribution in [0.3, 0.4) is 0 Å². The fraction of sp³-hybridized carbons (Fsp3) is 0.125. The van der Waals surface area contributed by atoms with Gasteiger partial charge in [-0.05, 0) is 17.7 Å². The second-order valence-corrected chi connectivity index (χ2v) is 2.17. The molecule has 0 radical (unpaired) electrons. The lowest BCUT2D eigenvalue weighted by Gasteiger charge is -1.88. The molecular formula is C8H6N4. The summed E-state index contributed by atoms with van der Waals surface area (Å²) in [4.78, 5) is 0. The van der Waals surface area contributed by atoms with E-state index in [1.807, 2.05) is 0 Å². The van der Waals surface area contributed by atoms with Crippen LogP contribution in [0.1, 0.15) is 5.69 Å². The summed E-state index contributed by atoms with van der Waals surface area (Å²) in [6.07, 6.45) is 1.56. The standard InChI is InChI=1S/C8H6N4/c1-7-3-2-4-12(11-7)8(5-9)6-10/h2-4H,1H3. The van der Waals surface area contributed by atoms with Crippen molar-refractivity contribution in [1.29, 1.82) is 5.26 Å². The Hall–Kier alpha value is -1.98. The van der Waals surface area contributed by atoms with Crippen LogP contribution in [0.2, 0.25) is 0 Å². The van der Waals surface area contributed by atoms with Crippen molar-refractivity contribution in [1.82, 2.24) is 5.10 Å². The van der Waals surface area contributed by atoms with Gasteiger partial charge in [0.15, 0.2) is 6.07 Å². The first-order valence-electron chi connectivity index (χ1n) is 3.31. The molecule has 0 saturated carbocycles.